The first-order valence-corrected chi connectivity index (χ1v) is 7.80. The van der Waals surface area contributed by atoms with Crippen LogP contribution in [0, 0.1) is 6.92 Å². The number of benzene rings is 3. The zero-order chi connectivity index (χ0) is 14.4. The zero-order valence-corrected chi connectivity index (χ0v) is 13.3. The predicted octanol–water partition coefficient (Wildman–Crippen LogP) is 5.85. The molecule has 0 saturated carbocycles. The SMILES string of the molecule is Cc1cc2c(cc1Br)c1ccccc1n2-c1ccccc1. The summed E-state index contributed by atoms with van der Waals surface area (Å²) in [6, 6.07) is 23.6. The van der Waals surface area contributed by atoms with E-state index in [-0.39, 0.29) is 0 Å². The number of fused-ring (bicyclic) bond motifs is 3. The van der Waals surface area contributed by atoms with Crippen molar-refractivity contribution in [2.45, 2.75) is 6.92 Å². The number of nitrogens with zero attached hydrogens (tertiary/aromatic N) is 1. The van der Waals surface area contributed by atoms with Crippen LogP contribution < -0.4 is 0 Å². The fourth-order valence-electron chi connectivity index (χ4n) is 2.95. The highest BCUT2D eigenvalue weighted by molar-refractivity contribution is 9.10. The van der Waals surface area contributed by atoms with Crippen LogP contribution in [0.25, 0.3) is 27.5 Å². The minimum atomic E-state index is 1.16. The molecule has 0 spiro atoms. The second kappa shape index (κ2) is 4.74. The van der Waals surface area contributed by atoms with Crippen molar-refractivity contribution < 1.29 is 0 Å². The predicted molar refractivity (Wildman–Crippen MR) is 93.2 cm³/mol. The third kappa shape index (κ3) is 1.90. The molecular formula is C19H14BrN. The average molecular weight is 336 g/mol. The summed E-state index contributed by atoms with van der Waals surface area (Å²) in [7, 11) is 0. The second-order valence-electron chi connectivity index (χ2n) is 5.31. The topological polar surface area (TPSA) is 4.93 Å². The molecule has 0 radical (unpaired) electrons. The molecule has 1 heterocycles. The molecule has 3 aromatic carbocycles. The fraction of sp³-hybridized carbons (Fsp3) is 0.0526. The van der Waals surface area contributed by atoms with Crippen LogP contribution in [-0.4, -0.2) is 4.57 Å². The lowest BCUT2D eigenvalue weighted by Crippen LogP contribution is -1.93. The van der Waals surface area contributed by atoms with Crippen LogP contribution in [-0.2, 0) is 0 Å². The lowest BCUT2D eigenvalue weighted by Gasteiger charge is -2.08. The quantitative estimate of drug-likeness (QED) is 0.411. The molecule has 0 bridgehead atoms. The summed E-state index contributed by atoms with van der Waals surface area (Å²) < 4.78 is 3.50. The Kier molecular flexibility index (Phi) is 2.86. The summed E-state index contributed by atoms with van der Waals surface area (Å²) in [5.41, 5.74) is 4.95. The van der Waals surface area contributed by atoms with Crippen LogP contribution in [0.1, 0.15) is 5.56 Å². The van der Waals surface area contributed by atoms with E-state index in [0.717, 1.165) is 4.47 Å². The van der Waals surface area contributed by atoms with Gasteiger partial charge in [0.2, 0.25) is 0 Å². The van der Waals surface area contributed by atoms with Gasteiger partial charge in [-0.15, -0.1) is 0 Å². The summed E-state index contributed by atoms with van der Waals surface area (Å²) in [5, 5.41) is 2.57. The molecule has 0 fully saturated rings. The molecule has 1 nitrogen and oxygen atoms in total. The molecule has 0 amide bonds. The molecule has 4 aromatic rings. The molecule has 0 aliphatic rings. The Hall–Kier alpha value is -2.06. The standard InChI is InChI=1S/C19H14BrN/c1-13-11-19-16(12-17(13)20)15-9-5-6-10-18(15)21(19)14-7-3-2-4-8-14/h2-12H,1H3. The molecule has 0 aliphatic heterocycles. The van der Waals surface area contributed by atoms with E-state index in [1.54, 1.807) is 0 Å². The zero-order valence-electron chi connectivity index (χ0n) is 11.7. The maximum atomic E-state index is 3.66. The molecule has 0 N–H and O–H groups in total. The molecule has 0 saturated heterocycles. The van der Waals surface area contributed by atoms with Gasteiger partial charge in [-0.25, -0.2) is 0 Å². The highest BCUT2D eigenvalue weighted by Crippen LogP contribution is 2.34. The van der Waals surface area contributed by atoms with Crippen molar-refractivity contribution in [2.24, 2.45) is 0 Å². The Morgan fingerprint density at radius 2 is 1.48 bits per heavy atom. The van der Waals surface area contributed by atoms with Crippen LogP contribution in [0.2, 0.25) is 0 Å². The Bertz CT molecular complexity index is 952. The van der Waals surface area contributed by atoms with Gasteiger partial charge in [-0.3, -0.25) is 0 Å². The second-order valence-corrected chi connectivity index (χ2v) is 6.16. The lowest BCUT2D eigenvalue weighted by molar-refractivity contribution is 1.18. The first-order chi connectivity index (χ1) is 10.3. The summed E-state index contributed by atoms with van der Waals surface area (Å²) >= 11 is 3.66. The average Bonchev–Trinajstić information content (AvgIpc) is 2.82. The highest BCUT2D eigenvalue weighted by Gasteiger charge is 2.12. The minimum absolute atomic E-state index is 1.16. The maximum absolute atomic E-state index is 3.66. The first-order valence-electron chi connectivity index (χ1n) is 7.00. The van der Waals surface area contributed by atoms with Crippen LogP contribution in [0.5, 0.6) is 0 Å². The Labute approximate surface area is 132 Å². The van der Waals surface area contributed by atoms with Gasteiger partial charge >= 0.3 is 0 Å². The number of halogens is 1. The molecule has 1 aromatic heterocycles. The minimum Gasteiger partial charge on any atom is -0.309 e. The number of aromatic nitrogens is 1. The first kappa shape index (κ1) is 12.7. The molecule has 0 aliphatic carbocycles. The largest absolute Gasteiger partial charge is 0.309 e. The van der Waals surface area contributed by atoms with Gasteiger partial charge in [-0.1, -0.05) is 52.3 Å². The van der Waals surface area contributed by atoms with E-state index in [0.29, 0.717) is 0 Å². The Morgan fingerprint density at radius 1 is 0.762 bits per heavy atom. The molecule has 4 rings (SSSR count). The van der Waals surface area contributed by atoms with Gasteiger partial charge in [0.25, 0.3) is 0 Å². The third-order valence-corrected chi connectivity index (χ3v) is 4.82. The van der Waals surface area contributed by atoms with Gasteiger partial charge in [-0.2, -0.15) is 0 Å². The van der Waals surface area contributed by atoms with Crippen molar-refractivity contribution in [3.05, 3.63) is 76.8 Å². The van der Waals surface area contributed by atoms with Crippen LogP contribution in [0.15, 0.2) is 71.2 Å². The van der Waals surface area contributed by atoms with Gasteiger partial charge in [-0.05, 0) is 42.8 Å². The van der Waals surface area contributed by atoms with Crippen molar-refractivity contribution in [1.29, 1.82) is 0 Å². The van der Waals surface area contributed by atoms with Crippen molar-refractivity contribution in [3.63, 3.8) is 0 Å². The molecule has 0 unspecified atom stereocenters. The van der Waals surface area contributed by atoms with Gasteiger partial charge in [0.05, 0.1) is 11.0 Å². The number of aryl methyl sites for hydroxylation is 1. The molecule has 0 atom stereocenters. The highest BCUT2D eigenvalue weighted by atomic mass is 79.9. The Morgan fingerprint density at radius 3 is 2.29 bits per heavy atom. The van der Waals surface area contributed by atoms with Crippen molar-refractivity contribution in [1.82, 2.24) is 4.57 Å². The van der Waals surface area contributed by atoms with E-state index in [1.807, 2.05) is 0 Å². The fourth-order valence-corrected chi connectivity index (χ4v) is 3.29. The van der Waals surface area contributed by atoms with E-state index in [2.05, 4.69) is 94.2 Å². The Balaban J connectivity index is 2.24. The normalized spacial score (nSPS) is 11.3. The third-order valence-electron chi connectivity index (χ3n) is 3.97. The van der Waals surface area contributed by atoms with E-state index in [4.69, 9.17) is 0 Å². The molecule has 2 heteroatoms. The number of hydrogen-bond acceptors (Lipinski definition) is 0. The summed E-state index contributed by atoms with van der Waals surface area (Å²) in [6.45, 7) is 2.14. The maximum Gasteiger partial charge on any atom is 0.0544 e. The molecule has 21 heavy (non-hydrogen) atoms. The summed E-state index contributed by atoms with van der Waals surface area (Å²) in [4.78, 5) is 0. The van der Waals surface area contributed by atoms with E-state index in [9.17, 15) is 0 Å². The number of rotatable bonds is 1. The van der Waals surface area contributed by atoms with E-state index < -0.39 is 0 Å². The molecular weight excluding hydrogens is 322 g/mol. The summed E-state index contributed by atoms with van der Waals surface area (Å²) in [6.07, 6.45) is 0. The van der Waals surface area contributed by atoms with Crippen LogP contribution >= 0.6 is 15.9 Å². The van der Waals surface area contributed by atoms with Crippen LogP contribution in [0.3, 0.4) is 0 Å². The smallest absolute Gasteiger partial charge is 0.0544 e. The van der Waals surface area contributed by atoms with Crippen LogP contribution in [0.4, 0.5) is 0 Å². The van der Waals surface area contributed by atoms with E-state index in [1.165, 1.54) is 33.1 Å². The monoisotopic (exact) mass is 335 g/mol. The van der Waals surface area contributed by atoms with Gasteiger partial charge in [0, 0.05) is 20.9 Å². The lowest BCUT2D eigenvalue weighted by atomic mass is 10.1. The van der Waals surface area contributed by atoms with Gasteiger partial charge < -0.3 is 4.57 Å². The number of hydrogen-bond donors (Lipinski definition) is 0. The number of para-hydroxylation sites is 2. The van der Waals surface area contributed by atoms with E-state index >= 15 is 0 Å². The van der Waals surface area contributed by atoms with Crippen molar-refractivity contribution in [2.75, 3.05) is 0 Å². The van der Waals surface area contributed by atoms with Crippen molar-refractivity contribution in [3.8, 4) is 5.69 Å². The van der Waals surface area contributed by atoms with Gasteiger partial charge in [0.1, 0.15) is 0 Å². The van der Waals surface area contributed by atoms with Gasteiger partial charge in [0.15, 0.2) is 0 Å². The molecule has 102 valence electrons. The van der Waals surface area contributed by atoms with Crippen molar-refractivity contribution >= 4 is 37.7 Å². The summed E-state index contributed by atoms with van der Waals surface area (Å²) in [5.74, 6) is 0.